The van der Waals surface area contributed by atoms with Gasteiger partial charge in [-0.2, -0.15) is 0 Å². The van der Waals surface area contributed by atoms with Gasteiger partial charge in [-0.05, 0) is 53.4 Å². The van der Waals surface area contributed by atoms with Crippen molar-refractivity contribution in [2.75, 3.05) is 5.73 Å². The van der Waals surface area contributed by atoms with E-state index in [0.29, 0.717) is 0 Å². The molecule has 0 unspecified atom stereocenters. The Morgan fingerprint density at radius 2 is 2.17 bits per heavy atom. The lowest BCUT2D eigenvalue weighted by Gasteiger charge is -2.26. The van der Waals surface area contributed by atoms with Crippen LogP contribution < -0.4 is 5.73 Å². The van der Waals surface area contributed by atoms with Gasteiger partial charge in [-0.15, -0.1) is 0 Å². The zero-order valence-electron chi connectivity index (χ0n) is 6.83. The number of nitrogen functional groups attached to an aromatic ring is 1. The highest BCUT2D eigenvalue weighted by molar-refractivity contribution is 5.57. The first kappa shape index (κ1) is 5.63. The number of rotatable bonds is 0. The van der Waals surface area contributed by atoms with Crippen LogP contribution in [0.5, 0.6) is 0 Å². The molecule has 0 bridgehead atoms. The standard InChI is InChI=1S/C11H11N/c12-5-1-2-6-7(3-5)8-4-9-10(6)11(8)9/h1-3,8-11H,4,12H2/t8-,9+,10+,11+/m0/s1. The fourth-order valence-corrected chi connectivity index (χ4v) is 3.50. The summed E-state index contributed by atoms with van der Waals surface area (Å²) in [5.41, 5.74) is 9.91. The molecule has 1 aromatic carbocycles. The second-order valence-electron chi connectivity index (χ2n) is 4.50. The van der Waals surface area contributed by atoms with E-state index in [2.05, 4.69) is 18.2 Å². The van der Waals surface area contributed by atoms with E-state index in [1.54, 1.807) is 11.1 Å². The minimum Gasteiger partial charge on any atom is -0.399 e. The Hall–Kier alpha value is -0.980. The van der Waals surface area contributed by atoms with Crippen molar-refractivity contribution in [2.45, 2.75) is 18.3 Å². The number of nitrogens with two attached hydrogens (primary N) is 1. The first-order chi connectivity index (χ1) is 5.86. The third-order valence-electron chi connectivity index (χ3n) is 4.09. The van der Waals surface area contributed by atoms with Crippen molar-refractivity contribution in [3.63, 3.8) is 0 Å². The van der Waals surface area contributed by atoms with Crippen LogP contribution >= 0.6 is 0 Å². The van der Waals surface area contributed by atoms with Gasteiger partial charge in [-0.3, -0.25) is 0 Å². The first-order valence-electron chi connectivity index (χ1n) is 4.75. The van der Waals surface area contributed by atoms with Gasteiger partial charge in [0.15, 0.2) is 0 Å². The van der Waals surface area contributed by atoms with Crippen LogP contribution in [0.2, 0.25) is 0 Å². The van der Waals surface area contributed by atoms with Gasteiger partial charge in [0, 0.05) is 5.69 Å². The van der Waals surface area contributed by atoms with Crippen LogP contribution in [0, 0.1) is 11.8 Å². The van der Waals surface area contributed by atoms with Crippen molar-refractivity contribution in [3.05, 3.63) is 29.3 Å². The molecular formula is C11H11N. The number of fused-ring (bicyclic) bond motifs is 4. The Morgan fingerprint density at radius 1 is 1.25 bits per heavy atom. The highest BCUT2D eigenvalue weighted by Gasteiger charge is 2.68. The quantitative estimate of drug-likeness (QED) is 0.573. The predicted octanol–water partition coefficient (Wildman–Crippen LogP) is 2.10. The normalized spacial score (nSPS) is 44.7. The zero-order valence-corrected chi connectivity index (χ0v) is 6.83. The van der Waals surface area contributed by atoms with Crippen molar-refractivity contribution in [1.29, 1.82) is 0 Å². The van der Waals surface area contributed by atoms with Crippen molar-refractivity contribution in [3.8, 4) is 0 Å². The molecule has 1 heteroatoms. The topological polar surface area (TPSA) is 26.0 Å². The Bertz CT molecular complexity index is 383. The van der Waals surface area contributed by atoms with E-state index in [0.717, 1.165) is 29.4 Å². The van der Waals surface area contributed by atoms with Crippen LogP contribution in [0.4, 0.5) is 5.69 Å². The molecular weight excluding hydrogens is 146 g/mol. The predicted molar refractivity (Wildman–Crippen MR) is 47.9 cm³/mol. The van der Waals surface area contributed by atoms with E-state index in [4.69, 9.17) is 5.73 Å². The lowest BCUT2D eigenvalue weighted by molar-refractivity contribution is 0.388. The maximum Gasteiger partial charge on any atom is 0.0317 e. The van der Waals surface area contributed by atoms with Crippen molar-refractivity contribution in [2.24, 2.45) is 11.8 Å². The van der Waals surface area contributed by atoms with Crippen molar-refractivity contribution in [1.82, 2.24) is 0 Å². The average Bonchev–Trinajstić information content (AvgIpc) is 2.48. The zero-order chi connectivity index (χ0) is 7.87. The lowest BCUT2D eigenvalue weighted by atomic mass is 9.78. The van der Waals surface area contributed by atoms with Gasteiger partial charge >= 0.3 is 0 Å². The molecule has 2 fully saturated rings. The molecule has 12 heavy (non-hydrogen) atoms. The summed E-state index contributed by atoms with van der Waals surface area (Å²) < 4.78 is 0. The van der Waals surface area contributed by atoms with Crippen LogP contribution in [0.25, 0.3) is 0 Å². The summed E-state index contributed by atoms with van der Waals surface area (Å²) in [7, 11) is 0. The van der Waals surface area contributed by atoms with Gasteiger partial charge in [-0.25, -0.2) is 0 Å². The van der Waals surface area contributed by atoms with Gasteiger partial charge < -0.3 is 5.73 Å². The summed E-state index contributed by atoms with van der Waals surface area (Å²) in [6.45, 7) is 0. The third-order valence-corrected chi connectivity index (χ3v) is 4.09. The molecule has 4 rings (SSSR count). The second-order valence-corrected chi connectivity index (χ2v) is 4.50. The maximum atomic E-state index is 5.77. The second kappa shape index (κ2) is 1.41. The number of benzene rings is 1. The van der Waals surface area contributed by atoms with Crippen LogP contribution in [0.15, 0.2) is 18.2 Å². The van der Waals surface area contributed by atoms with Gasteiger partial charge in [0.25, 0.3) is 0 Å². The van der Waals surface area contributed by atoms with Gasteiger partial charge in [0.05, 0.1) is 0 Å². The Balaban J connectivity index is 2.01. The number of hydrogen-bond acceptors (Lipinski definition) is 1. The summed E-state index contributed by atoms with van der Waals surface area (Å²) in [6, 6.07) is 6.50. The van der Waals surface area contributed by atoms with Crippen molar-refractivity contribution >= 4 is 5.69 Å². The van der Waals surface area contributed by atoms with E-state index in [9.17, 15) is 0 Å². The van der Waals surface area contributed by atoms with E-state index in [1.165, 1.54) is 6.42 Å². The Labute approximate surface area is 71.6 Å². The molecule has 2 N–H and O–H groups in total. The molecule has 0 saturated heterocycles. The molecule has 4 atom stereocenters. The highest BCUT2D eigenvalue weighted by atomic mass is 14.7. The van der Waals surface area contributed by atoms with Gasteiger partial charge in [0.2, 0.25) is 0 Å². The summed E-state index contributed by atoms with van der Waals surface area (Å²) >= 11 is 0. The molecule has 0 radical (unpaired) electrons. The first-order valence-corrected chi connectivity index (χ1v) is 4.75. The molecule has 0 heterocycles. The minimum atomic E-state index is 0.901. The SMILES string of the molecule is Nc1ccc2c(c1)[C@@H]1C[C@@H]3[C@@H]2[C@@H]31. The Morgan fingerprint density at radius 3 is 3.08 bits per heavy atom. The molecule has 3 aliphatic carbocycles. The molecule has 1 nitrogen and oxygen atoms in total. The molecule has 2 saturated carbocycles. The van der Waals surface area contributed by atoms with E-state index in [-0.39, 0.29) is 0 Å². The van der Waals surface area contributed by atoms with E-state index in [1.807, 2.05) is 0 Å². The highest BCUT2D eigenvalue weighted by Crippen LogP contribution is 2.78. The van der Waals surface area contributed by atoms with Crippen LogP contribution in [0.3, 0.4) is 0 Å². The molecule has 3 aliphatic rings. The lowest BCUT2D eigenvalue weighted by Crippen LogP contribution is -2.14. The molecule has 0 aromatic heterocycles. The number of anilines is 1. The van der Waals surface area contributed by atoms with Crippen LogP contribution in [-0.4, -0.2) is 0 Å². The summed E-state index contributed by atoms with van der Waals surface area (Å²) in [5.74, 6) is 3.97. The molecule has 1 aromatic rings. The molecule has 60 valence electrons. The van der Waals surface area contributed by atoms with Crippen LogP contribution in [-0.2, 0) is 0 Å². The van der Waals surface area contributed by atoms with E-state index >= 15 is 0 Å². The minimum absolute atomic E-state index is 0.901. The average molecular weight is 157 g/mol. The third kappa shape index (κ3) is 0.401. The Kier molecular flexibility index (Phi) is 0.663. The summed E-state index contributed by atoms with van der Waals surface area (Å²) in [6.07, 6.45) is 1.45. The molecule has 0 spiro atoms. The number of hydrogen-bond donors (Lipinski definition) is 1. The van der Waals surface area contributed by atoms with Gasteiger partial charge in [-0.1, -0.05) is 6.07 Å². The van der Waals surface area contributed by atoms with Gasteiger partial charge in [0.1, 0.15) is 0 Å². The maximum absolute atomic E-state index is 5.77. The van der Waals surface area contributed by atoms with E-state index < -0.39 is 0 Å². The molecule has 0 amide bonds. The monoisotopic (exact) mass is 157 g/mol. The molecule has 0 aliphatic heterocycles. The van der Waals surface area contributed by atoms with Crippen molar-refractivity contribution < 1.29 is 0 Å². The smallest absolute Gasteiger partial charge is 0.0317 e. The summed E-state index contributed by atoms with van der Waals surface area (Å²) in [4.78, 5) is 0. The summed E-state index contributed by atoms with van der Waals surface area (Å²) in [5, 5.41) is 0. The van der Waals surface area contributed by atoms with Crippen LogP contribution in [0.1, 0.15) is 29.4 Å². The largest absolute Gasteiger partial charge is 0.399 e. The fraction of sp³-hybridized carbons (Fsp3) is 0.455. The fourth-order valence-electron chi connectivity index (χ4n) is 3.50.